The summed E-state index contributed by atoms with van der Waals surface area (Å²) in [6.45, 7) is 10.0. The molecule has 0 N–H and O–H groups in total. The number of carbonyl (C=O) groups is 1. The number of anilines is 1. The number of carbonyl (C=O) groups excluding carboxylic acids is 1. The first kappa shape index (κ1) is 16.7. The highest BCUT2D eigenvalue weighted by Gasteiger charge is 2.20. The average Bonchev–Trinajstić information content (AvgIpc) is 2.59. The Morgan fingerprint density at radius 3 is 2.64 bits per heavy atom. The van der Waals surface area contributed by atoms with Gasteiger partial charge in [0.05, 0.1) is 0 Å². The van der Waals surface area contributed by atoms with Gasteiger partial charge in [0.2, 0.25) is 5.95 Å². The minimum absolute atomic E-state index is 0.0238. The molecule has 1 saturated heterocycles. The van der Waals surface area contributed by atoms with Gasteiger partial charge in [-0.25, -0.2) is 9.97 Å². The fourth-order valence-electron chi connectivity index (χ4n) is 2.58. The number of piperazine rings is 1. The highest BCUT2D eigenvalue weighted by molar-refractivity contribution is 5.92. The summed E-state index contributed by atoms with van der Waals surface area (Å²) in [6.07, 6.45) is 3.78. The van der Waals surface area contributed by atoms with Crippen LogP contribution in [0.1, 0.15) is 37.2 Å². The second-order valence-electron chi connectivity index (χ2n) is 5.74. The molecule has 1 aliphatic rings. The molecule has 122 valence electrons. The Balaban J connectivity index is 2.02. The molecule has 1 aromatic rings. The predicted octanol–water partition coefficient (Wildman–Crippen LogP) is 1.49. The molecule has 6 nitrogen and oxygen atoms in total. The van der Waals surface area contributed by atoms with Crippen LogP contribution in [0.25, 0.3) is 0 Å². The van der Waals surface area contributed by atoms with Gasteiger partial charge in [-0.05, 0) is 19.0 Å². The van der Waals surface area contributed by atoms with Crippen molar-refractivity contribution in [2.75, 3.05) is 51.2 Å². The zero-order chi connectivity index (χ0) is 15.9. The van der Waals surface area contributed by atoms with Crippen LogP contribution in [0.2, 0.25) is 0 Å². The molecule has 0 saturated carbocycles. The summed E-state index contributed by atoms with van der Waals surface area (Å²) < 4.78 is 0. The van der Waals surface area contributed by atoms with Crippen LogP contribution < -0.4 is 4.90 Å². The van der Waals surface area contributed by atoms with Gasteiger partial charge < -0.3 is 14.7 Å². The normalized spacial score (nSPS) is 15.9. The van der Waals surface area contributed by atoms with E-state index in [9.17, 15) is 4.79 Å². The molecule has 0 unspecified atom stereocenters. The Labute approximate surface area is 133 Å². The van der Waals surface area contributed by atoms with Crippen LogP contribution in [0.4, 0.5) is 5.95 Å². The topological polar surface area (TPSA) is 52.6 Å². The number of hydrogen-bond acceptors (Lipinski definition) is 5. The predicted molar refractivity (Wildman–Crippen MR) is 88.2 cm³/mol. The molecular weight excluding hydrogens is 278 g/mol. The number of unbranched alkanes of at least 4 members (excludes halogenated alkanes) is 1. The third-order valence-corrected chi connectivity index (χ3v) is 4.16. The second kappa shape index (κ2) is 8.08. The quantitative estimate of drug-likeness (QED) is 0.797. The molecule has 0 atom stereocenters. The zero-order valence-electron chi connectivity index (χ0n) is 14.0. The Kier molecular flexibility index (Phi) is 6.12. The van der Waals surface area contributed by atoms with Gasteiger partial charge in [-0.15, -0.1) is 0 Å². The maximum absolute atomic E-state index is 12.4. The van der Waals surface area contributed by atoms with E-state index in [0.29, 0.717) is 11.6 Å². The van der Waals surface area contributed by atoms with Crippen molar-refractivity contribution in [3.8, 4) is 0 Å². The van der Waals surface area contributed by atoms with Crippen LogP contribution in [0.5, 0.6) is 0 Å². The van der Waals surface area contributed by atoms with Crippen molar-refractivity contribution >= 4 is 11.9 Å². The van der Waals surface area contributed by atoms with E-state index in [1.165, 1.54) is 0 Å². The monoisotopic (exact) mass is 305 g/mol. The van der Waals surface area contributed by atoms with Crippen LogP contribution in [-0.4, -0.2) is 72.0 Å². The maximum Gasteiger partial charge on any atom is 0.272 e. The van der Waals surface area contributed by atoms with E-state index in [1.54, 1.807) is 17.2 Å². The number of hydrogen-bond donors (Lipinski definition) is 0. The molecule has 1 fully saturated rings. The first-order chi connectivity index (χ1) is 10.7. The SMILES string of the molecule is CCCCN(C)C(=O)c1ccnc(N2CCN(CC)CC2)n1. The van der Waals surface area contributed by atoms with Crippen LogP contribution in [0.15, 0.2) is 12.3 Å². The maximum atomic E-state index is 12.4. The van der Waals surface area contributed by atoms with E-state index >= 15 is 0 Å². The number of likely N-dealkylation sites (N-methyl/N-ethyl adjacent to an activating group) is 1. The Morgan fingerprint density at radius 1 is 1.27 bits per heavy atom. The van der Waals surface area contributed by atoms with Crippen LogP contribution in [0, 0.1) is 0 Å². The minimum atomic E-state index is -0.0238. The lowest BCUT2D eigenvalue weighted by Gasteiger charge is -2.34. The van der Waals surface area contributed by atoms with Gasteiger partial charge >= 0.3 is 0 Å². The summed E-state index contributed by atoms with van der Waals surface area (Å²) >= 11 is 0. The summed E-state index contributed by atoms with van der Waals surface area (Å²) in [4.78, 5) is 27.5. The molecule has 2 heterocycles. The summed E-state index contributed by atoms with van der Waals surface area (Å²) in [6, 6.07) is 1.70. The number of rotatable bonds is 6. The first-order valence-corrected chi connectivity index (χ1v) is 8.21. The summed E-state index contributed by atoms with van der Waals surface area (Å²) in [7, 11) is 1.83. The average molecular weight is 305 g/mol. The molecule has 1 amide bonds. The molecule has 1 aromatic heterocycles. The van der Waals surface area contributed by atoms with Gasteiger partial charge in [0.1, 0.15) is 5.69 Å². The van der Waals surface area contributed by atoms with Crippen LogP contribution >= 0.6 is 0 Å². The molecule has 0 radical (unpaired) electrons. The van der Waals surface area contributed by atoms with Gasteiger partial charge in [-0.2, -0.15) is 0 Å². The van der Waals surface area contributed by atoms with E-state index < -0.39 is 0 Å². The molecule has 0 bridgehead atoms. The fraction of sp³-hybridized carbons (Fsp3) is 0.688. The molecule has 0 aromatic carbocycles. The van der Waals surface area contributed by atoms with Crippen molar-refractivity contribution in [2.24, 2.45) is 0 Å². The van der Waals surface area contributed by atoms with Gasteiger partial charge in [0, 0.05) is 46.0 Å². The molecule has 22 heavy (non-hydrogen) atoms. The van der Waals surface area contributed by atoms with Gasteiger partial charge in [-0.3, -0.25) is 4.79 Å². The van der Waals surface area contributed by atoms with Crippen molar-refractivity contribution in [1.29, 1.82) is 0 Å². The van der Waals surface area contributed by atoms with E-state index in [1.807, 2.05) is 7.05 Å². The smallest absolute Gasteiger partial charge is 0.272 e. The molecule has 6 heteroatoms. The summed E-state index contributed by atoms with van der Waals surface area (Å²) in [5, 5.41) is 0. The summed E-state index contributed by atoms with van der Waals surface area (Å²) in [5.74, 6) is 0.648. The van der Waals surface area contributed by atoms with Crippen LogP contribution in [-0.2, 0) is 0 Å². The van der Waals surface area contributed by atoms with E-state index in [-0.39, 0.29) is 5.91 Å². The number of nitrogens with zero attached hydrogens (tertiary/aromatic N) is 5. The molecule has 0 spiro atoms. The third-order valence-electron chi connectivity index (χ3n) is 4.16. The Morgan fingerprint density at radius 2 is 2.00 bits per heavy atom. The fourth-order valence-corrected chi connectivity index (χ4v) is 2.58. The highest BCUT2D eigenvalue weighted by atomic mass is 16.2. The number of amides is 1. The zero-order valence-corrected chi connectivity index (χ0v) is 14.0. The molecule has 2 rings (SSSR count). The molecular formula is C16H27N5O. The second-order valence-corrected chi connectivity index (χ2v) is 5.74. The largest absolute Gasteiger partial charge is 0.340 e. The standard InChI is InChI=1S/C16H27N5O/c1-4-6-9-19(3)15(22)14-7-8-17-16(18-14)21-12-10-20(5-2)11-13-21/h7-8H,4-6,9-13H2,1-3H3. The van der Waals surface area contributed by atoms with Crippen molar-refractivity contribution in [2.45, 2.75) is 26.7 Å². The summed E-state index contributed by atoms with van der Waals surface area (Å²) in [5.41, 5.74) is 0.488. The molecule has 0 aliphatic carbocycles. The number of aromatic nitrogens is 2. The van der Waals surface area contributed by atoms with Gasteiger partial charge in [-0.1, -0.05) is 20.3 Å². The van der Waals surface area contributed by atoms with Gasteiger partial charge in [0.15, 0.2) is 0 Å². The van der Waals surface area contributed by atoms with Crippen molar-refractivity contribution in [1.82, 2.24) is 19.8 Å². The van der Waals surface area contributed by atoms with E-state index in [0.717, 1.165) is 52.1 Å². The first-order valence-electron chi connectivity index (χ1n) is 8.21. The molecule has 1 aliphatic heterocycles. The van der Waals surface area contributed by atoms with E-state index in [4.69, 9.17) is 0 Å². The lowest BCUT2D eigenvalue weighted by Crippen LogP contribution is -2.46. The minimum Gasteiger partial charge on any atom is -0.340 e. The van der Waals surface area contributed by atoms with Crippen molar-refractivity contribution in [3.05, 3.63) is 18.0 Å². The highest BCUT2D eigenvalue weighted by Crippen LogP contribution is 2.12. The third kappa shape index (κ3) is 4.16. The lowest BCUT2D eigenvalue weighted by molar-refractivity contribution is 0.0787. The lowest BCUT2D eigenvalue weighted by atomic mass is 10.3. The Bertz CT molecular complexity index is 485. The van der Waals surface area contributed by atoms with Crippen molar-refractivity contribution in [3.63, 3.8) is 0 Å². The van der Waals surface area contributed by atoms with Gasteiger partial charge in [0.25, 0.3) is 5.91 Å². The Hall–Kier alpha value is -1.69. The van der Waals surface area contributed by atoms with E-state index in [2.05, 4.69) is 33.6 Å². The van der Waals surface area contributed by atoms with Crippen molar-refractivity contribution < 1.29 is 4.79 Å². The van der Waals surface area contributed by atoms with Crippen LogP contribution in [0.3, 0.4) is 0 Å².